The summed E-state index contributed by atoms with van der Waals surface area (Å²) in [4.78, 5) is 29.0. The number of para-hydroxylation sites is 1. The van der Waals surface area contributed by atoms with E-state index in [9.17, 15) is 19.8 Å². The lowest BCUT2D eigenvalue weighted by Gasteiger charge is -2.41. The van der Waals surface area contributed by atoms with Gasteiger partial charge in [-0.05, 0) is 49.2 Å². The summed E-state index contributed by atoms with van der Waals surface area (Å²) in [7, 11) is 0. The largest absolute Gasteiger partial charge is 0.486 e. The fraction of sp³-hybridized carbons (Fsp3) is 0.697. The van der Waals surface area contributed by atoms with Crippen molar-refractivity contribution in [2.45, 2.75) is 103 Å². The molecule has 8 nitrogen and oxygen atoms in total. The number of unbranched alkanes of at least 4 members (excludes halogenated alkanes) is 3. The molecule has 2 aliphatic carbocycles. The van der Waals surface area contributed by atoms with Gasteiger partial charge in [0.1, 0.15) is 24.6 Å². The van der Waals surface area contributed by atoms with Gasteiger partial charge in [0.05, 0.1) is 24.7 Å². The predicted molar refractivity (Wildman–Crippen MR) is 159 cm³/mol. The Bertz CT molecular complexity index is 1060. The van der Waals surface area contributed by atoms with Crippen molar-refractivity contribution in [3.05, 3.63) is 41.5 Å². The van der Waals surface area contributed by atoms with Crippen LogP contribution >= 0.6 is 0 Å². The van der Waals surface area contributed by atoms with Gasteiger partial charge in [0.2, 0.25) is 11.8 Å². The molecule has 0 aromatic heterocycles. The van der Waals surface area contributed by atoms with E-state index in [4.69, 9.17) is 9.47 Å². The van der Waals surface area contributed by atoms with Crippen LogP contribution in [0.4, 0.5) is 0 Å². The number of ether oxygens (including phenoxy) is 2. The van der Waals surface area contributed by atoms with Crippen molar-refractivity contribution in [1.82, 2.24) is 10.2 Å². The van der Waals surface area contributed by atoms with Gasteiger partial charge in [-0.1, -0.05) is 71.6 Å². The molecule has 0 unspecified atom stereocenters. The molecule has 0 bridgehead atoms. The topological polar surface area (TPSA) is 108 Å². The maximum absolute atomic E-state index is 13.9. The molecule has 1 fully saturated rings. The molecule has 0 spiro atoms. The molecule has 0 saturated heterocycles. The fourth-order valence-electron chi connectivity index (χ4n) is 6.91. The van der Waals surface area contributed by atoms with Gasteiger partial charge in [0.15, 0.2) is 0 Å². The molecule has 1 heterocycles. The van der Waals surface area contributed by atoms with Gasteiger partial charge in [0.25, 0.3) is 0 Å². The first-order valence-corrected chi connectivity index (χ1v) is 15.7. The van der Waals surface area contributed by atoms with Gasteiger partial charge in [-0.25, -0.2) is 0 Å². The van der Waals surface area contributed by atoms with Crippen molar-refractivity contribution < 1.29 is 29.3 Å². The molecule has 1 saturated carbocycles. The minimum Gasteiger partial charge on any atom is -0.486 e. The Hall–Kier alpha value is -2.42. The number of nitrogens with one attached hydrogen (secondary N) is 1. The summed E-state index contributed by atoms with van der Waals surface area (Å²) >= 11 is 0. The van der Waals surface area contributed by atoms with Crippen molar-refractivity contribution in [2.75, 3.05) is 26.3 Å². The second kappa shape index (κ2) is 14.7. The molecule has 3 N–H and O–H groups in total. The highest BCUT2D eigenvalue weighted by Crippen LogP contribution is 2.47. The van der Waals surface area contributed by atoms with Gasteiger partial charge < -0.3 is 29.9 Å². The first-order valence-electron chi connectivity index (χ1n) is 15.7. The Morgan fingerprint density at radius 1 is 1.17 bits per heavy atom. The zero-order valence-corrected chi connectivity index (χ0v) is 25.3. The monoisotopic (exact) mass is 570 g/mol. The van der Waals surface area contributed by atoms with Gasteiger partial charge in [-0.2, -0.15) is 0 Å². The summed E-state index contributed by atoms with van der Waals surface area (Å²) in [6.45, 7) is 9.20. The number of aliphatic hydroxyl groups excluding tert-OH is 2. The number of amides is 2. The minimum absolute atomic E-state index is 0.0355. The van der Waals surface area contributed by atoms with E-state index in [1.54, 1.807) is 11.0 Å². The number of hydrogen-bond donors (Lipinski definition) is 3. The Kier molecular flexibility index (Phi) is 11.3. The maximum atomic E-state index is 13.9. The summed E-state index contributed by atoms with van der Waals surface area (Å²) in [5.74, 6) is 1.15. The number of fused-ring (bicyclic) bond motifs is 3. The van der Waals surface area contributed by atoms with E-state index < -0.39 is 24.2 Å². The second-order valence-electron chi connectivity index (χ2n) is 12.5. The number of benzene rings is 1. The first kappa shape index (κ1) is 31.5. The average molecular weight is 571 g/mol. The van der Waals surface area contributed by atoms with Crippen LogP contribution in [0.15, 0.2) is 35.9 Å². The zero-order valence-electron chi connectivity index (χ0n) is 25.3. The Balaban J connectivity index is 1.60. The third-order valence-corrected chi connectivity index (χ3v) is 9.19. The lowest BCUT2D eigenvalue weighted by molar-refractivity contribution is -0.147. The number of hydrogen-bond acceptors (Lipinski definition) is 6. The molecular weight excluding hydrogens is 520 g/mol. The number of nitrogens with zero attached hydrogens (tertiary/aromatic N) is 1. The van der Waals surface area contributed by atoms with Crippen LogP contribution in [-0.4, -0.2) is 77.6 Å². The van der Waals surface area contributed by atoms with Crippen LogP contribution in [0.1, 0.15) is 84.1 Å². The smallest absolute Gasteiger partial charge is 0.249 e. The van der Waals surface area contributed by atoms with Gasteiger partial charge in [-0.15, -0.1) is 0 Å². The van der Waals surface area contributed by atoms with Crippen LogP contribution in [-0.2, 0) is 14.3 Å². The molecule has 1 aromatic carbocycles. The van der Waals surface area contributed by atoms with Crippen molar-refractivity contribution in [2.24, 2.45) is 17.8 Å². The number of carbonyl (C=O) groups is 2. The fourth-order valence-corrected chi connectivity index (χ4v) is 6.91. The van der Waals surface area contributed by atoms with Crippen LogP contribution in [0, 0.1) is 17.8 Å². The molecule has 0 radical (unpaired) electrons. The van der Waals surface area contributed by atoms with Crippen LogP contribution in [0.5, 0.6) is 5.75 Å². The van der Waals surface area contributed by atoms with E-state index in [1.807, 2.05) is 24.3 Å². The van der Waals surface area contributed by atoms with Crippen molar-refractivity contribution >= 4 is 11.8 Å². The number of rotatable bonds is 13. The minimum atomic E-state index is -1.02. The molecule has 1 aromatic rings. The van der Waals surface area contributed by atoms with Crippen LogP contribution in [0.25, 0.3) is 0 Å². The summed E-state index contributed by atoms with van der Waals surface area (Å²) < 4.78 is 12.6. The van der Waals surface area contributed by atoms with Gasteiger partial charge >= 0.3 is 0 Å². The van der Waals surface area contributed by atoms with Crippen LogP contribution < -0.4 is 10.1 Å². The normalized spacial score (nSPS) is 28.9. The lowest BCUT2D eigenvalue weighted by atomic mass is 9.75. The molecule has 7 atom stereocenters. The number of carbonyl (C=O) groups excluding carboxylic acids is 2. The van der Waals surface area contributed by atoms with E-state index in [0.29, 0.717) is 35.6 Å². The molecular formula is C33H50N2O6. The Morgan fingerprint density at radius 2 is 1.95 bits per heavy atom. The van der Waals surface area contributed by atoms with Crippen molar-refractivity contribution in [3.8, 4) is 5.75 Å². The Labute approximate surface area is 245 Å². The van der Waals surface area contributed by atoms with E-state index in [-0.39, 0.29) is 37.7 Å². The van der Waals surface area contributed by atoms with E-state index in [2.05, 4.69) is 33.0 Å². The van der Waals surface area contributed by atoms with Gasteiger partial charge in [-0.3, -0.25) is 9.59 Å². The standard InChI is InChI=1S/C33H50N2O6/c1-5-6-7-10-16-35(29(37)20-40-28-18-22(4)13-14-23(28)21(2)3)26-19-25(33(39)34-15-17-36)30-24-11-8-9-12-27(24)41-32(30)31(26)38/h8-9,11-12,19,21-23,26,28,30-32,36,38H,5-7,10,13-18,20H2,1-4H3,(H,34,39)/t22-,23+,26+,28-,30-,31-,32-/m0/s1. The second-order valence-corrected chi connectivity index (χ2v) is 12.5. The highest BCUT2D eigenvalue weighted by molar-refractivity contribution is 5.96. The highest BCUT2D eigenvalue weighted by atomic mass is 16.5. The molecule has 2 amide bonds. The van der Waals surface area contributed by atoms with Gasteiger partial charge in [0, 0.05) is 24.2 Å². The van der Waals surface area contributed by atoms with E-state index in [1.165, 1.54) is 6.42 Å². The third kappa shape index (κ3) is 7.33. The van der Waals surface area contributed by atoms with Crippen LogP contribution in [0.3, 0.4) is 0 Å². The summed E-state index contributed by atoms with van der Waals surface area (Å²) in [5.41, 5.74) is 1.30. The summed E-state index contributed by atoms with van der Waals surface area (Å²) in [5, 5.41) is 23.8. The van der Waals surface area contributed by atoms with E-state index in [0.717, 1.165) is 44.1 Å². The molecule has 228 valence electrons. The summed E-state index contributed by atoms with van der Waals surface area (Å²) in [6.07, 6.45) is 7.22. The van der Waals surface area contributed by atoms with Crippen molar-refractivity contribution in [1.29, 1.82) is 0 Å². The molecule has 41 heavy (non-hydrogen) atoms. The van der Waals surface area contributed by atoms with Crippen molar-refractivity contribution in [3.63, 3.8) is 0 Å². The maximum Gasteiger partial charge on any atom is 0.249 e. The zero-order chi connectivity index (χ0) is 29.5. The average Bonchev–Trinajstić information content (AvgIpc) is 3.35. The summed E-state index contributed by atoms with van der Waals surface area (Å²) in [6, 6.07) is 6.79. The third-order valence-electron chi connectivity index (χ3n) is 9.19. The molecule has 4 rings (SSSR count). The lowest BCUT2D eigenvalue weighted by Crippen LogP contribution is -2.56. The SMILES string of the molecule is CCCCCCN(C(=O)CO[C@H]1C[C@@H](C)CC[C@@H]1C(C)C)[C@@H]1C=C(C(=O)NCCO)[C@@H]2c3ccccc3O[C@@H]2[C@H]1O. The first-order chi connectivity index (χ1) is 19.8. The number of aliphatic hydroxyl groups is 2. The molecule has 8 heteroatoms. The molecule has 1 aliphatic heterocycles. The van der Waals surface area contributed by atoms with E-state index >= 15 is 0 Å². The highest BCUT2D eigenvalue weighted by Gasteiger charge is 2.50. The quantitative estimate of drug-likeness (QED) is 0.307. The molecule has 3 aliphatic rings. The predicted octanol–water partition coefficient (Wildman–Crippen LogP) is 4.20. The van der Waals surface area contributed by atoms with Crippen LogP contribution in [0.2, 0.25) is 0 Å². The Morgan fingerprint density at radius 3 is 2.68 bits per heavy atom.